The highest BCUT2D eigenvalue weighted by atomic mass is 32.1. The van der Waals surface area contributed by atoms with E-state index in [2.05, 4.69) is 33.0 Å². The molecule has 2 aromatic heterocycles. The highest BCUT2D eigenvalue weighted by molar-refractivity contribution is 7.13. The fraction of sp³-hybridized carbons (Fsp3) is 0.417. The first kappa shape index (κ1) is 12.8. The molecular formula is C12H16N4OS. The topological polar surface area (TPSA) is 66.9 Å². The Hall–Kier alpha value is -1.69. The maximum atomic E-state index is 10.7. The van der Waals surface area contributed by atoms with Crippen molar-refractivity contribution in [3.05, 3.63) is 17.3 Å². The number of nitrogens with zero attached hydrogens (tertiary/aromatic N) is 2. The molecule has 0 fully saturated rings. The van der Waals surface area contributed by atoms with Crippen molar-refractivity contribution in [2.24, 2.45) is 0 Å². The number of rotatable bonds is 4. The predicted octanol–water partition coefficient (Wildman–Crippen LogP) is 1.86. The van der Waals surface area contributed by atoms with E-state index in [1.165, 1.54) is 24.0 Å². The molecule has 0 saturated heterocycles. The van der Waals surface area contributed by atoms with Crippen LogP contribution < -0.4 is 10.6 Å². The van der Waals surface area contributed by atoms with Gasteiger partial charge in [0.1, 0.15) is 10.6 Å². The number of carbonyl (C=O) groups excluding carboxylic acids is 1. The van der Waals surface area contributed by atoms with Crippen LogP contribution in [0.4, 0.5) is 5.82 Å². The van der Waals surface area contributed by atoms with Crippen molar-refractivity contribution in [3.8, 4) is 0 Å². The number of aromatic nitrogens is 2. The standard InChI is InChI=1S/C12H16N4OS/c1-7-6-8(2)15-12-10(7)11(16-18-12)14-5-4-13-9(3)17/h6H,4-5H2,1-3H3,(H,13,17)(H,14,16). The molecule has 0 bridgehead atoms. The Bertz CT molecular complexity index is 579. The van der Waals surface area contributed by atoms with Crippen LogP contribution in [0.15, 0.2) is 6.07 Å². The van der Waals surface area contributed by atoms with E-state index in [9.17, 15) is 4.79 Å². The predicted molar refractivity (Wildman–Crippen MR) is 74.1 cm³/mol. The zero-order valence-corrected chi connectivity index (χ0v) is 11.5. The van der Waals surface area contributed by atoms with Gasteiger partial charge in [-0.3, -0.25) is 4.79 Å². The van der Waals surface area contributed by atoms with Gasteiger partial charge in [-0.25, -0.2) is 4.98 Å². The van der Waals surface area contributed by atoms with E-state index in [-0.39, 0.29) is 5.91 Å². The third-order valence-electron chi connectivity index (χ3n) is 2.56. The molecule has 2 N–H and O–H groups in total. The van der Waals surface area contributed by atoms with E-state index in [0.29, 0.717) is 13.1 Å². The highest BCUT2D eigenvalue weighted by Gasteiger charge is 2.10. The maximum Gasteiger partial charge on any atom is 0.216 e. The summed E-state index contributed by atoms with van der Waals surface area (Å²) in [5.41, 5.74) is 2.18. The van der Waals surface area contributed by atoms with E-state index < -0.39 is 0 Å². The molecule has 2 rings (SSSR count). The Labute approximate surface area is 110 Å². The largest absolute Gasteiger partial charge is 0.367 e. The van der Waals surface area contributed by atoms with Gasteiger partial charge in [0.25, 0.3) is 0 Å². The van der Waals surface area contributed by atoms with Gasteiger partial charge in [0, 0.05) is 25.7 Å². The van der Waals surface area contributed by atoms with Gasteiger partial charge < -0.3 is 10.6 Å². The van der Waals surface area contributed by atoms with Crippen LogP contribution in [0, 0.1) is 13.8 Å². The minimum atomic E-state index is -0.0200. The average Bonchev–Trinajstić information content (AvgIpc) is 2.67. The smallest absolute Gasteiger partial charge is 0.216 e. The fourth-order valence-corrected chi connectivity index (χ4v) is 2.70. The summed E-state index contributed by atoms with van der Waals surface area (Å²) >= 11 is 1.40. The van der Waals surface area contributed by atoms with Crippen LogP contribution in [-0.2, 0) is 4.79 Å². The second kappa shape index (κ2) is 5.30. The molecule has 0 atom stereocenters. The van der Waals surface area contributed by atoms with Gasteiger partial charge >= 0.3 is 0 Å². The summed E-state index contributed by atoms with van der Waals surface area (Å²) in [4.78, 5) is 16.2. The van der Waals surface area contributed by atoms with Crippen molar-refractivity contribution in [3.63, 3.8) is 0 Å². The molecule has 1 amide bonds. The molecule has 2 heterocycles. The molecule has 2 aromatic rings. The summed E-state index contributed by atoms with van der Waals surface area (Å²) in [6, 6.07) is 2.05. The molecule has 5 nitrogen and oxygen atoms in total. The minimum absolute atomic E-state index is 0.0200. The monoisotopic (exact) mass is 264 g/mol. The van der Waals surface area contributed by atoms with Crippen molar-refractivity contribution >= 4 is 33.5 Å². The molecule has 0 aromatic carbocycles. The van der Waals surface area contributed by atoms with E-state index in [4.69, 9.17) is 0 Å². The van der Waals surface area contributed by atoms with E-state index in [1.54, 1.807) is 0 Å². The van der Waals surface area contributed by atoms with Crippen molar-refractivity contribution in [2.45, 2.75) is 20.8 Å². The molecule has 0 aliphatic rings. The van der Waals surface area contributed by atoms with Crippen LogP contribution >= 0.6 is 11.5 Å². The quantitative estimate of drug-likeness (QED) is 0.827. The summed E-state index contributed by atoms with van der Waals surface area (Å²) in [5, 5.41) is 7.04. The Morgan fingerprint density at radius 3 is 2.89 bits per heavy atom. The molecule has 0 saturated carbocycles. The SMILES string of the molecule is CC(=O)NCCNc1nsc2nc(C)cc(C)c12. The first-order valence-corrected chi connectivity index (χ1v) is 6.57. The van der Waals surface area contributed by atoms with Crippen LogP contribution in [-0.4, -0.2) is 28.4 Å². The second-order valence-electron chi connectivity index (χ2n) is 4.20. The lowest BCUT2D eigenvalue weighted by molar-refractivity contribution is -0.118. The fourth-order valence-electron chi connectivity index (χ4n) is 1.83. The van der Waals surface area contributed by atoms with Crippen LogP contribution in [0.2, 0.25) is 0 Å². The number of carbonyl (C=O) groups is 1. The molecule has 0 spiro atoms. The lowest BCUT2D eigenvalue weighted by Gasteiger charge is -2.05. The Morgan fingerprint density at radius 2 is 2.17 bits per heavy atom. The Morgan fingerprint density at radius 1 is 1.39 bits per heavy atom. The minimum Gasteiger partial charge on any atom is -0.367 e. The molecule has 6 heteroatoms. The number of hydrogen-bond acceptors (Lipinski definition) is 5. The molecule has 96 valence electrons. The molecule has 0 unspecified atom stereocenters. The van der Waals surface area contributed by atoms with Crippen molar-refractivity contribution in [1.29, 1.82) is 0 Å². The number of amides is 1. The average molecular weight is 264 g/mol. The van der Waals surface area contributed by atoms with Gasteiger partial charge in [-0.1, -0.05) is 0 Å². The second-order valence-corrected chi connectivity index (χ2v) is 4.95. The van der Waals surface area contributed by atoms with Crippen molar-refractivity contribution in [2.75, 3.05) is 18.4 Å². The molecule has 0 aliphatic carbocycles. The maximum absolute atomic E-state index is 10.7. The van der Waals surface area contributed by atoms with Crippen molar-refractivity contribution in [1.82, 2.24) is 14.7 Å². The summed E-state index contributed by atoms with van der Waals surface area (Å²) in [6.45, 7) is 6.80. The number of fused-ring (bicyclic) bond motifs is 1. The third kappa shape index (κ3) is 2.76. The van der Waals surface area contributed by atoms with E-state index in [0.717, 1.165) is 21.7 Å². The third-order valence-corrected chi connectivity index (χ3v) is 3.31. The number of anilines is 1. The molecule has 0 radical (unpaired) electrons. The number of pyridine rings is 1. The van der Waals surface area contributed by atoms with Crippen LogP contribution in [0.1, 0.15) is 18.2 Å². The lowest BCUT2D eigenvalue weighted by Crippen LogP contribution is -2.26. The van der Waals surface area contributed by atoms with Gasteiger partial charge in [-0.05, 0) is 37.0 Å². The summed E-state index contributed by atoms with van der Waals surface area (Å²) < 4.78 is 4.37. The summed E-state index contributed by atoms with van der Waals surface area (Å²) in [5.74, 6) is 0.832. The lowest BCUT2D eigenvalue weighted by atomic mass is 10.2. The van der Waals surface area contributed by atoms with Gasteiger partial charge in [0.2, 0.25) is 5.91 Å². The zero-order chi connectivity index (χ0) is 13.1. The highest BCUT2D eigenvalue weighted by Crippen LogP contribution is 2.28. The van der Waals surface area contributed by atoms with Gasteiger partial charge in [0.05, 0.1) is 5.39 Å². The number of aryl methyl sites for hydroxylation is 2. The van der Waals surface area contributed by atoms with Crippen LogP contribution in [0.5, 0.6) is 0 Å². The summed E-state index contributed by atoms with van der Waals surface area (Å²) in [6.07, 6.45) is 0. The van der Waals surface area contributed by atoms with Gasteiger partial charge in [0.15, 0.2) is 0 Å². The van der Waals surface area contributed by atoms with Gasteiger partial charge in [-0.15, -0.1) is 0 Å². The number of hydrogen-bond donors (Lipinski definition) is 2. The first-order chi connectivity index (χ1) is 8.58. The molecule has 0 aliphatic heterocycles. The Balaban J connectivity index is 2.12. The van der Waals surface area contributed by atoms with Crippen LogP contribution in [0.3, 0.4) is 0 Å². The summed E-state index contributed by atoms with van der Waals surface area (Å²) in [7, 11) is 0. The van der Waals surface area contributed by atoms with E-state index >= 15 is 0 Å². The number of nitrogens with one attached hydrogen (secondary N) is 2. The zero-order valence-electron chi connectivity index (χ0n) is 10.7. The Kier molecular flexibility index (Phi) is 3.76. The van der Waals surface area contributed by atoms with E-state index in [1.807, 2.05) is 6.92 Å². The molecular weight excluding hydrogens is 248 g/mol. The van der Waals surface area contributed by atoms with Crippen molar-refractivity contribution < 1.29 is 4.79 Å². The normalized spacial score (nSPS) is 10.6. The van der Waals surface area contributed by atoms with Crippen LogP contribution in [0.25, 0.3) is 10.2 Å². The molecule has 18 heavy (non-hydrogen) atoms. The first-order valence-electron chi connectivity index (χ1n) is 5.80. The van der Waals surface area contributed by atoms with Gasteiger partial charge in [-0.2, -0.15) is 4.37 Å².